The molecule has 1 saturated heterocycles. The highest BCUT2D eigenvalue weighted by Crippen LogP contribution is 2.32. The Kier molecular flexibility index (Phi) is 4.99. The van der Waals surface area contributed by atoms with Gasteiger partial charge in [-0.05, 0) is 25.3 Å². The summed E-state index contributed by atoms with van der Waals surface area (Å²) >= 11 is 0. The minimum atomic E-state index is -0.259. The Morgan fingerprint density at radius 3 is 2.43 bits per heavy atom. The minimum Gasteiger partial charge on any atom is -0.395 e. The SMILES string of the molecule is Cc1ccc([C@@H]2CN(C(CO)CO)C[C@H]2NC(=O)C2CC2)cc1. The van der Waals surface area contributed by atoms with Crippen molar-refractivity contribution >= 4 is 5.91 Å². The first-order valence-electron chi connectivity index (χ1n) is 8.45. The van der Waals surface area contributed by atoms with Crippen molar-refractivity contribution in [3.63, 3.8) is 0 Å². The second-order valence-electron chi connectivity index (χ2n) is 6.88. The molecule has 3 N–H and O–H groups in total. The third kappa shape index (κ3) is 3.74. The highest BCUT2D eigenvalue weighted by atomic mass is 16.3. The van der Waals surface area contributed by atoms with E-state index in [1.807, 2.05) is 0 Å². The van der Waals surface area contributed by atoms with Crippen molar-refractivity contribution < 1.29 is 15.0 Å². The molecule has 0 aromatic heterocycles. The van der Waals surface area contributed by atoms with E-state index in [-0.39, 0.29) is 43.0 Å². The number of aliphatic hydroxyl groups is 2. The topological polar surface area (TPSA) is 72.8 Å². The van der Waals surface area contributed by atoms with E-state index in [4.69, 9.17) is 0 Å². The fourth-order valence-electron chi connectivity index (χ4n) is 3.36. The molecule has 1 saturated carbocycles. The van der Waals surface area contributed by atoms with Crippen molar-refractivity contribution in [3.05, 3.63) is 35.4 Å². The summed E-state index contributed by atoms with van der Waals surface area (Å²) in [6.07, 6.45) is 1.99. The molecule has 3 rings (SSSR count). The molecule has 1 aliphatic carbocycles. The van der Waals surface area contributed by atoms with Crippen molar-refractivity contribution in [2.24, 2.45) is 5.92 Å². The number of nitrogens with zero attached hydrogens (tertiary/aromatic N) is 1. The molecule has 1 heterocycles. The van der Waals surface area contributed by atoms with Crippen LogP contribution in [-0.2, 0) is 4.79 Å². The Morgan fingerprint density at radius 1 is 1.22 bits per heavy atom. The van der Waals surface area contributed by atoms with Gasteiger partial charge in [0.25, 0.3) is 0 Å². The molecule has 5 heteroatoms. The van der Waals surface area contributed by atoms with Crippen LogP contribution in [0, 0.1) is 12.8 Å². The lowest BCUT2D eigenvalue weighted by Crippen LogP contribution is -2.43. The first-order chi connectivity index (χ1) is 11.1. The van der Waals surface area contributed by atoms with Gasteiger partial charge in [0.1, 0.15) is 0 Å². The van der Waals surface area contributed by atoms with Crippen molar-refractivity contribution in [2.45, 2.75) is 37.8 Å². The van der Waals surface area contributed by atoms with Gasteiger partial charge in [-0.2, -0.15) is 0 Å². The standard InChI is InChI=1S/C18H26N2O3/c1-12-2-4-13(5-3-12)16-8-20(15(10-21)11-22)9-17(16)19-18(23)14-6-7-14/h2-5,14-17,21-22H,6-11H2,1H3,(H,19,23)/t16-,17+/m0/s1. The van der Waals surface area contributed by atoms with Crippen LogP contribution in [0.2, 0.25) is 0 Å². The molecule has 1 amide bonds. The second-order valence-corrected chi connectivity index (χ2v) is 6.88. The number of likely N-dealkylation sites (tertiary alicyclic amines) is 1. The van der Waals surface area contributed by atoms with Gasteiger partial charge in [0, 0.05) is 31.0 Å². The highest BCUT2D eigenvalue weighted by Gasteiger charge is 2.39. The summed E-state index contributed by atoms with van der Waals surface area (Å²) in [5, 5.41) is 22.1. The zero-order chi connectivity index (χ0) is 16.4. The number of carbonyl (C=O) groups excluding carboxylic acids is 1. The summed E-state index contributed by atoms with van der Waals surface area (Å²) in [7, 11) is 0. The fraction of sp³-hybridized carbons (Fsp3) is 0.611. The summed E-state index contributed by atoms with van der Waals surface area (Å²) in [6, 6.07) is 8.19. The van der Waals surface area contributed by atoms with E-state index >= 15 is 0 Å². The first-order valence-corrected chi connectivity index (χ1v) is 8.45. The number of hydrogen-bond donors (Lipinski definition) is 3. The maximum Gasteiger partial charge on any atom is 0.223 e. The molecular weight excluding hydrogens is 292 g/mol. The molecule has 0 spiro atoms. The van der Waals surface area contributed by atoms with Gasteiger partial charge >= 0.3 is 0 Å². The Hall–Kier alpha value is -1.43. The van der Waals surface area contributed by atoms with E-state index < -0.39 is 0 Å². The molecular formula is C18H26N2O3. The Balaban J connectivity index is 1.77. The van der Waals surface area contributed by atoms with Crippen LogP contribution in [0.25, 0.3) is 0 Å². The molecule has 1 aliphatic heterocycles. The summed E-state index contributed by atoms with van der Waals surface area (Å²) in [5.41, 5.74) is 2.42. The van der Waals surface area contributed by atoms with Crippen LogP contribution in [0.3, 0.4) is 0 Å². The van der Waals surface area contributed by atoms with Crippen LogP contribution in [0.4, 0.5) is 0 Å². The number of hydrogen-bond acceptors (Lipinski definition) is 4. The molecule has 2 atom stereocenters. The monoisotopic (exact) mass is 318 g/mol. The van der Waals surface area contributed by atoms with Gasteiger partial charge in [0.2, 0.25) is 5.91 Å². The van der Waals surface area contributed by atoms with Gasteiger partial charge in [-0.15, -0.1) is 0 Å². The molecule has 0 radical (unpaired) electrons. The summed E-state index contributed by atoms with van der Waals surface area (Å²) in [5.74, 6) is 0.534. The number of aliphatic hydroxyl groups excluding tert-OH is 2. The number of aryl methyl sites for hydroxylation is 1. The van der Waals surface area contributed by atoms with E-state index in [2.05, 4.69) is 41.4 Å². The third-order valence-electron chi connectivity index (χ3n) is 5.07. The molecule has 1 aromatic rings. The maximum atomic E-state index is 12.2. The highest BCUT2D eigenvalue weighted by molar-refractivity contribution is 5.81. The Morgan fingerprint density at radius 2 is 1.87 bits per heavy atom. The summed E-state index contributed by atoms with van der Waals surface area (Å²) < 4.78 is 0. The zero-order valence-corrected chi connectivity index (χ0v) is 13.6. The normalized spacial score (nSPS) is 25.0. The van der Waals surface area contributed by atoms with E-state index in [0.717, 1.165) is 19.4 Å². The van der Waals surface area contributed by atoms with Crippen LogP contribution < -0.4 is 5.32 Å². The largest absolute Gasteiger partial charge is 0.395 e. The number of nitrogens with one attached hydrogen (secondary N) is 1. The van der Waals surface area contributed by atoms with Gasteiger partial charge < -0.3 is 15.5 Å². The molecule has 2 aliphatic rings. The second kappa shape index (κ2) is 6.99. The van der Waals surface area contributed by atoms with E-state index in [1.165, 1.54) is 11.1 Å². The smallest absolute Gasteiger partial charge is 0.223 e. The van der Waals surface area contributed by atoms with Crippen molar-refractivity contribution in [2.75, 3.05) is 26.3 Å². The third-order valence-corrected chi connectivity index (χ3v) is 5.07. The minimum absolute atomic E-state index is 0.0337. The number of benzene rings is 1. The lowest BCUT2D eigenvalue weighted by atomic mass is 9.93. The molecule has 0 bridgehead atoms. The predicted molar refractivity (Wildman–Crippen MR) is 88.1 cm³/mol. The Bertz CT molecular complexity index is 538. The van der Waals surface area contributed by atoms with Crippen LogP contribution in [0.5, 0.6) is 0 Å². The van der Waals surface area contributed by atoms with Gasteiger partial charge in [0.15, 0.2) is 0 Å². The molecule has 126 valence electrons. The van der Waals surface area contributed by atoms with Crippen molar-refractivity contribution in [3.8, 4) is 0 Å². The lowest BCUT2D eigenvalue weighted by Gasteiger charge is -2.24. The van der Waals surface area contributed by atoms with Crippen molar-refractivity contribution in [1.82, 2.24) is 10.2 Å². The van der Waals surface area contributed by atoms with Crippen LogP contribution in [0.1, 0.15) is 29.9 Å². The molecule has 5 nitrogen and oxygen atoms in total. The summed E-state index contributed by atoms with van der Waals surface area (Å²) in [6.45, 7) is 3.33. The molecule has 0 unspecified atom stereocenters. The lowest BCUT2D eigenvalue weighted by molar-refractivity contribution is -0.123. The van der Waals surface area contributed by atoms with Crippen LogP contribution in [-0.4, -0.2) is 59.4 Å². The molecule has 2 fully saturated rings. The zero-order valence-electron chi connectivity index (χ0n) is 13.6. The Labute approximate surface area is 137 Å². The average Bonchev–Trinajstić information content (AvgIpc) is 3.32. The number of carbonyl (C=O) groups is 1. The molecule has 1 aromatic carbocycles. The quantitative estimate of drug-likeness (QED) is 0.720. The summed E-state index contributed by atoms with van der Waals surface area (Å²) in [4.78, 5) is 14.3. The number of amides is 1. The first kappa shape index (κ1) is 16.4. The average molecular weight is 318 g/mol. The van der Waals surface area contributed by atoms with Gasteiger partial charge in [0.05, 0.1) is 19.3 Å². The predicted octanol–water partition coefficient (Wildman–Crippen LogP) is 0.642. The van der Waals surface area contributed by atoms with Crippen molar-refractivity contribution in [1.29, 1.82) is 0 Å². The fourth-order valence-corrected chi connectivity index (χ4v) is 3.36. The van der Waals surface area contributed by atoms with Gasteiger partial charge in [-0.25, -0.2) is 0 Å². The van der Waals surface area contributed by atoms with E-state index in [1.54, 1.807) is 0 Å². The van der Waals surface area contributed by atoms with Crippen LogP contribution in [0.15, 0.2) is 24.3 Å². The van der Waals surface area contributed by atoms with E-state index in [0.29, 0.717) is 6.54 Å². The van der Waals surface area contributed by atoms with E-state index in [9.17, 15) is 15.0 Å². The number of rotatable bonds is 6. The van der Waals surface area contributed by atoms with Gasteiger partial charge in [-0.1, -0.05) is 29.8 Å². The van der Waals surface area contributed by atoms with Gasteiger partial charge in [-0.3, -0.25) is 9.69 Å². The maximum absolute atomic E-state index is 12.2. The molecule has 23 heavy (non-hydrogen) atoms. The van der Waals surface area contributed by atoms with Crippen LogP contribution >= 0.6 is 0 Å².